The third kappa shape index (κ3) is 4.21. The average Bonchev–Trinajstić information content (AvgIpc) is 2.57. The average molecular weight is 400 g/mol. The third-order valence-electron chi connectivity index (χ3n) is 3.34. The van der Waals surface area contributed by atoms with Crippen LogP contribution in [0.2, 0.25) is 5.02 Å². The van der Waals surface area contributed by atoms with Crippen LogP contribution < -0.4 is 9.57 Å². The van der Waals surface area contributed by atoms with Crippen LogP contribution in [-0.4, -0.2) is 31.8 Å². The van der Waals surface area contributed by atoms with Crippen LogP contribution in [0.25, 0.3) is 0 Å². The van der Waals surface area contributed by atoms with Gasteiger partial charge in [0.15, 0.2) is 11.5 Å². The molecule has 0 bridgehead atoms. The number of hydrogen-bond acceptors (Lipinski definition) is 7. The van der Waals surface area contributed by atoms with Crippen molar-refractivity contribution in [2.24, 2.45) is 5.10 Å². The van der Waals surface area contributed by atoms with E-state index in [4.69, 9.17) is 16.3 Å². The second-order valence-electron chi connectivity index (χ2n) is 5.11. The molecule has 0 amide bonds. The maximum absolute atomic E-state index is 12.2. The van der Waals surface area contributed by atoms with Crippen molar-refractivity contribution in [3.63, 3.8) is 0 Å². The summed E-state index contributed by atoms with van der Waals surface area (Å²) in [6.45, 7) is 1.50. The molecule has 0 aliphatic heterocycles. The predicted molar refractivity (Wildman–Crippen MR) is 95.4 cm³/mol. The van der Waals surface area contributed by atoms with Gasteiger partial charge in [0.1, 0.15) is 0 Å². The molecule has 11 heteroatoms. The van der Waals surface area contributed by atoms with E-state index in [0.29, 0.717) is 11.1 Å². The largest absolute Gasteiger partial charge is 0.503 e. The lowest BCUT2D eigenvalue weighted by molar-refractivity contribution is -0.385. The summed E-state index contributed by atoms with van der Waals surface area (Å²) in [6.07, 6.45) is 1.15. The highest BCUT2D eigenvalue weighted by Gasteiger charge is 2.19. The van der Waals surface area contributed by atoms with Crippen LogP contribution in [0, 0.1) is 17.0 Å². The van der Waals surface area contributed by atoms with Crippen molar-refractivity contribution in [1.82, 2.24) is 4.83 Å². The fraction of sp³-hybridized carbons (Fsp3) is 0.133. The van der Waals surface area contributed by atoms with Gasteiger partial charge in [-0.25, -0.2) is 4.83 Å². The number of rotatable bonds is 6. The van der Waals surface area contributed by atoms with Crippen molar-refractivity contribution in [3.8, 4) is 11.5 Å². The Bertz CT molecular complexity index is 991. The first-order chi connectivity index (χ1) is 12.2. The molecule has 0 unspecified atom stereocenters. The monoisotopic (exact) mass is 399 g/mol. The Morgan fingerprint density at radius 1 is 1.35 bits per heavy atom. The molecular formula is C15H14ClN3O6S. The minimum Gasteiger partial charge on any atom is -0.503 e. The normalized spacial score (nSPS) is 11.5. The molecule has 0 saturated carbocycles. The van der Waals surface area contributed by atoms with Crippen LogP contribution >= 0.6 is 11.6 Å². The summed E-state index contributed by atoms with van der Waals surface area (Å²) in [7, 11) is -2.77. The highest BCUT2D eigenvalue weighted by molar-refractivity contribution is 7.89. The summed E-state index contributed by atoms with van der Waals surface area (Å²) in [5.74, 6) is -0.158. The van der Waals surface area contributed by atoms with E-state index in [1.54, 1.807) is 0 Å². The fourth-order valence-corrected chi connectivity index (χ4v) is 3.03. The van der Waals surface area contributed by atoms with Crippen LogP contribution in [0.1, 0.15) is 11.1 Å². The van der Waals surface area contributed by atoms with Crippen molar-refractivity contribution in [1.29, 1.82) is 0 Å². The zero-order valence-electron chi connectivity index (χ0n) is 13.6. The van der Waals surface area contributed by atoms with Crippen molar-refractivity contribution in [3.05, 3.63) is 56.6 Å². The highest BCUT2D eigenvalue weighted by atomic mass is 35.5. The van der Waals surface area contributed by atoms with E-state index in [-0.39, 0.29) is 27.1 Å². The summed E-state index contributed by atoms with van der Waals surface area (Å²) in [5.41, 5.74) is 0.387. The molecule has 0 fully saturated rings. The van der Waals surface area contributed by atoms with Crippen LogP contribution in [0.15, 0.2) is 40.3 Å². The first kappa shape index (κ1) is 19.5. The number of ether oxygens (including phenoxy) is 1. The molecular weight excluding hydrogens is 386 g/mol. The lowest BCUT2D eigenvalue weighted by atomic mass is 10.2. The van der Waals surface area contributed by atoms with Gasteiger partial charge in [0.25, 0.3) is 15.7 Å². The number of methoxy groups -OCH3 is 1. The third-order valence-corrected chi connectivity index (χ3v) is 4.85. The molecule has 2 aromatic rings. The number of nitrogens with zero attached hydrogens (tertiary/aromatic N) is 2. The molecule has 0 spiro atoms. The lowest BCUT2D eigenvalue weighted by Crippen LogP contribution is -2.18. The summed E-state index contributed by atoms with van der Waals surface area (Å²) < 4.78 is 29.4. The molecule has 0 atom stereocenters. The molecule has 0 heterocycles. The first-order valence-corrected chi connectivity index (χ1v) is 8.88. The SMILES string of the molecule is COc1cc(/C=N/NS(=O)(=O)c2ccc(C)c([N+](=O)[O-])c2)cc(Cl)c1O. The van der Waals surface area contributed by atoms with Gasteiger partial charge in [-0.2, -0.15) is 13.5 Å². The molecule has 2 aromatic carbocycles. The number of hydrazone groups is 1. The Kier molecular flexibility index (Phi) is 5.68. The Morgan fingerprint density at radius 2 is 2.04 bits per heavy atom. The molecule has 2 N–H and O–H groups in total. The number of phenolic OH excluding ortho intramolecular Hbond substituents is 1. The van der Waals surface area contributed by atoms with Crippen molar-refractivity contribution in [2.45, 2.75) is 11.8 Å². The molecule has 0 radical (unpaired) electrons. The highest BCUT2D eigenvalue weighted by Crippen LogP contribution is 2.34. The van der Waals surface area contributed by atoms with Gasteiger partial charge >= 0.3 is 0 Å². The summed E-state index contributed by atoms with van der Waals surface area (Å²) in [6, 6.07) is 6.28. The van der Waals surface area contributed by atoms with Gasteiger partial charge < -0.3 is 9.84 Å². The first-order valence-electron chi connectivity index (χ1n) is 7.02. The zero-order valence-corrected chi connectivity index (χ0v) is 15.2. The number of nitro benzene ring substituents is 1. The molecule has 0 aliphatic rings. The van der Waals surface area contributed by atoms with Crippen LogP contribution in [0.3, 0.4) is 0 Å². The number of nitrogens with one attached hydrogen (secondary N) is 1. The second kappa shape index (κ2) is 7.58. The maximum Gasteiger partial charge on any atom is 0.276 e. The number of halogens is 1. The van der Waals surface area contributed by atoms with Crippen LogP contribution in [0.5, 0.6) is 11.5 Å². The minimum atomic E-state index is -4.10. The predicted octanol–water partition coefficient (Wildman–Crippen LogP) is 2.58. The number of sulfonamides is 1. The minimum absolute atomic E-state index is 0.00261. The topological polar surface area (TPSA) is 131 Å². The van der Waals surface area contributed by atoms with E-state index >= 15 is 0 Å². The molecule has 0 aromatic heterocycles. The van der Waals surface area contributed by atoms with Gasteiger partial charge in [0.2, 0.25) is 0 Å². The van der Waals surface area contributed by atoms with E-state index in [1.165, 1.54) is 38.3 Å². The zero-order chi connectivity index (χ0) is 19.5. The number of aryl methyl sites for hydroxylation is 1. The Balaban J connectivity index is 2.26. The molecule has 2 rings (SSSR count). The number of benzene rings is 2. The van der Waals surface area contributed by atoms with Gasteiger partial charge in [-0.05, 0) is 30.7 Å². The van der Waals surface area contributed by atoms with E-state index in [2.05, 4.69) is 5.10 Å². The Morgan fingerprint density at radius 3 is 2.65 bits per heavy atom. The Hall–Kier alpha value is -2.85. The molecule has 9 nitrogen and oxygen atoms in total. The lowest BCUT2D eigenvalue weighted by Gasteiger charge is -2.06. The van der Waals surface area contributed by atoms with Gasteiger partial charge in [0.05, 0.1) is 28.2 Å². The van der Waals surface area contributed by atoms with E-state index in [0.717, 1.165) is 12.3 Å². The molecule has 0 aliphatic carbocycles. The smallest absolute Gasteiger partial charge is 0.276 e. The number of nitro groups is 1. The molecule has 0 saturated heterocycles. The standard InChI is InChI=1S/C15H14ClN3O6S/c1-9-3-4-11(7-13(9)19(21)22)26(23,24)18-17-8-10-5-12(16)15(20)14(6-10)25-2/h3-8,18,20H,1-2H3/b17-8+. The van der Waals surface area contributed by atoms with Crippen LogP contribution in [-0.2, 0) is 10.0 Å². The van der Waals surface area contributed by atoms with Gasteiger partial charge in [0, 0.05) is 11.6 Å². The van der Waals surface area contributed by atoms with E-state index in [9.17, 15) is 23.6 Å². The summed E-state index contributed by atoms with van der Waals surface area (Å²) in [4.78, 5) is 11.9. The van der Waals surface area contributed by atoms with E-state index in [1.807, 2.05) is 4.83 Å². The number of hydrogen-bond donors (Lipinski definition) is 2. The maximum atomic E-state index is 12.2. The van der Waals surface area contributed by atoms with Crippen molar-refractivity contribution >= 4 is 33.5 Å². The fourth-order valence-electron chi connectivity index (χ4n) is 2.00. The quantitative estimate of drug-likeness (QED) is 0.436. The van der Waals surface area contributed by atoms with Gasteiger partial charge in [-0.1, -0.05) is 17.7 Å². The van der Waals surface area contributed by atoms with Gasteiger partial charge in [-0.15, -0.1) is 0 Å². The van der Waals surface area contributed by atoms with Crippen LogP contribution in [0.4, 0.5) is 5.69 Å². The summed E-state index contributed by atoms with van der Waals surface area (Å²) in [5, 5.41) is 24.2. The second-order valence-corrected chi connectivity index (χ2v) is 7.18. The number of aromatic hydroxyl groups is 1. The van der Waals surface area contributed by atoms with Gasteiger partial charge in [-0.3, -0.25) is 10.1 Å². The molecule has 138 valence electrons. The summed E-state index contributed by atoms with van der Waals surface area (Å²) >= 11 is 5.83. The molecule has 26 heavy (non-hydrogen) atoms. The van der Waals surface area contributed by atoms with Crippen molar-refractivity contribution < 1.29 is 23.2 Å². The van der Waals surface area contributed by atoms with Crippen molar-refractivity contribution in [2.75, 3.05) is 7.11 Å². The Labute approximate surface area is 154 Å². The van der Waals surface area contributed by atoms with E-state index < -0.39 is 14.9 Å². The number of phenols is 1.